The number of halogens is 1. The molecule has 4 aromatic rings. The molecule has 0 fully saturated rings. The monoisotopic (exact) mass is 426 g/mol. The first-order valence-electron chi connectivity index (χ1n) is 8.57. The predicted molar refractivity (Wildman–Crippen MR) is 113 cm³/mol. The van der Waals surface area contributed by atoms with Crippen LogP contribution in [0.2, 0.25) is 0 Å². The van der Waals surface area contributed by atoms with Gasteiger partial charge in [0.15, 0.2) is 0 Å². The van der Waals surface area contributed by atoms with E-state index in [0.29, 0.717) is 10.7 Å². The summed E-state index contributed by atoms with van der Waals surface area (Å²) in [5, 5.41) is 3.43. The Kier molecular flexibility index (Phi) is 5.68. The van der Waals surface area contributed by atoms with Gasteiger partial charge in [-0.1, -0.05) is 11.8 Å². The lowest BCUT2D eigenvalue weighted by Gasteiger charge is -2.05. The molecular formula is C20H15FN4O2S2. The molecule has 2 aromatic heterocycles. The summed E-state index contributed by atoms with van der Waals surface area (Å²) in [5.74, 6) is 0.386. The summed E-state index contributed by atoms with van der Waals surface area (Å²) >= 11 is 2.61. The zero-order valence-electron chi connectivity index (χ0n) is 15.3. The van der Waals surface area contributed by atoms with Crippen LogP contribution in [0.4, 0.5) is 10.1 Å². The fourth-order valence-electron chi connectivity index (χ4n) is 2.65. The highest BCUT2D eigenvalue weighted by atomic mass is 32.2. The summed E-state index contributed by atoms with van der Waals surface area (Å²) in [6, 6.07) is 13.2. The van der Waals surface area contributed by atoms with Gasteiger partial charge in [0.1, 0.15) is 38.8 Å². The van der Waals surface area contributed by atoms with Crippen LogP contribution in [0, 0.1) is 5.82 Å². The minimum absolute atomic E-state index is 0.166. The van der Waals surface area contributed by atoms with Gasteiger partial charge in [0.05, 0.1) is 12.9 Å². The minimum Gasteiger partial charge on any atom is -0.497 e. The molecule has 2 aromatic carbocycles. The molecule has 0 saturated heterocycles. The van der Waals surface area contributed by atoms with E-state index in [4.69, 9.17) is 4.74 Å². The zero-order valence-corrected chi connectivity index (χ0v) is 16.9. The van der Waals surface area contributed by atoms with Crippen LogP contribution in [0.1, 0.15) is 0 Å². The maximum Gasteiger partial charge on any atom is 0.234 e. The molecule has 0 unspecified atom stereocenters. The first-order valence-corrected chi connectivity index (χ1v) is 10.3. The number of methoxy groups -OCH3 is 1. The van der Waals surface area contributed by atoms with Gasteiger partial charge in [-0.2, -0.15) is 4.37 Å². The quantitative estimate of drug-likeness (QED) is 0.358. The summed E-state index contributed by atoms with van der Waals surface area (Å²) in [6.45, 7) is 0. The third-order valence-corrected chi connectivity index (χ3v) is 6.02. The summed E-state index contributed by atoms with van der Waals surface area (Å²) in [7, 11) is 1.62. The van der Waals surface area contributed by atoms with Gasteiger partial charge in [-0.3, -0.25) is 4.79 Å². The third-order valence-electron chi connectivity index (χ3n) is 4.06. The number of aromatic nitrogens is 3. The molecule has 1 amide bonds. The number of nitrogens with one attached hydrogen (secondary N) is 1. The molecule has 29 heavy (non-hydrogen) atoms. The Morgan fingerprint density at radius 1 is 1.14 bits per heavy atom. The average molecular weight is 426 g/mol. The Hall–Kier alpha value is -3.04. The number of fused-ring (bicyclic) bond motifs is 1. The largest absolute Gasteiger partial charge is 0.497 e. The van der Waals surface area contributed by atoms with Gasteiger partial charge >= 0.3 is 0 Å². The summed E-state index contributed by atoms with van der Waals surface area (Å²) in [6.07, 6.45) is 1.48. The summed E-state index contributed by atoms with van der Waals surface area (Å²) < 4.78 is 23.5. The number of amides is 1. The van der Waals surface area contributed by atoms with E-state index < -0.39 is 0 Å². The highest BCUT2D eigenvalue weighted by Crippen LogP contribution is 2.34. The van der Waals surface area contributed by atoms with Gasteiger partial charge in [-0.25, -0.2) is 14.4 Å². The van der Waals surface area contributed by atoms with Crippen molar-refractivity contribution in [2.75, 3.05) is 18.2 Å². The second kappa shape index (κ2) is 8.54. The van der Waals surface area contributed by atoms with Crippen molar-refractivity contribution >= 4 is 45.1 Å². The molecule has 0 radical (unpaired) electrons. The van der Waals surface area contributed by atoms with Crippen molar-refractivity contribution in [2.24, 2.45) is 0 Å². The smallest absolute Gasteiger partial charge is 0.234 e. The number of ether oxygens (including phenoxy) is 1. The van der Waals surface area contributed by atoms with Crippen LogP contribution < -0.4 is 10.1 Å². The minimum atomic E-state index is -0.349. The number of hydrogen-bond donors (Lipinski definition) is 1. The number of hydrogen-bond acceptors (Lipinski definition) is 7. The number of thioether (sulfide) groups is 1. The van der Waals surface area contributed by atoms with Crippen LogP contribution in [-0.2, 0) is 4.79 Å². The van der Waals surface area contributed by atoms with Crippen molar-refractivity contribution in [3.05, 3.63) is 60.7 Å². The molecule has 2 heterocycles. The fourth-order valence-corrected chi connectivity index (χ4v) is 4.37. The number of anilines is 1. The normalized spacial score (nSPS) is 10.8. The molecule has 6 nitrogen and oxygen atoms in total. The SMILES string of the molecule is COc1ccc(-c2nsc3c(SCC(=O)Nc4ccc(F)cc4)ncnc23)cc1. The van der Waals surface area contributed by atoms with Crippen LogP contribution in [0.3, 0.4) is 0 Å². The van der Waals surface area contributed by atoms with E-state index in [1.807, 2.05) is 24.3 Å². The molecule has 0 aliphatic heterocycles. The van der Waals surface area contributed by atoms with Crippen molar-refractivity contribution < 1.29 is 13.9 Å². The lowest BCUT2D eigenvalue weighted by atomic mass is 10.1. The van der Waals surface area contributed by atoms with Crippen LogP contribution in [0.15, 0.2) is 59.9 Å². The number of benzene rings is 2. The number of nitrogens with zero attached hydrogens (tertiary/aromatic N) is 3. The van der Waals surface area contributed by atoms with Crippen molar-refractivity contribution in [3.8, 4) is 17.0 Å². The fraction of sp³-hybridized carbons (Fsp3) is 0.100. The molecule has 0 aliphatic carbocycles. The molecule has 0 bridgehead atoms. The van der Waals surface area contributed by atoms with Gasteiger partial charge in [-0.05, 0) is 60.1 Å². The highest BCUT2D eigenvalue weighted by molar-refractivity contribution is 8.00. The topological polar surface area (TPSA) is 77.0 Å². The molecule has 9 heteroatoms. The highest BCUT2D eigenvalue weighted by Gasteiger charge is 2.15. The van der Waals surface area contributed by atoms with E-state index in [2.05, 4.69) is 19.7 Å². The van der Waals surface area contributed by atoms with Gasteiger partial charge in [0.25, 0.3) is 0 Å². The molecule has 1 N–H and O–H groups in total. The van der Waals surface area contributed by atoms with Crippen LogP contribution in [0.5, 0.6) is 5.75 Å². The van der Waals surface area contributed by atoms with Crippen LogP contribution >= 0.6 is 23.3 Å². The van der Waals surface area contributed by atoms with Crippen molar-refractivity contribution in [2.45, 2.75) is 5.03 Å². The molecule has 0 spiro atoms. The predicted octanol–water partition coefficient (Wildman–Crippen LogP) is 4.63. The summed E-state index contributed by atoms with van der Waals surface area (Å²) in [5.41, 5.74) is 2.99. The van der Waals surface area contributed by atoms with Crippen LogP contribution in [-0.4, -0.2) is 33.1 Å². The zero-order chi connectivity index (χ0) is 20.2. The molecule has 4 rings (SSSR count). The molecule has 0 aliphatic rings. The Bertz CT molecular complexity index is 1150. The van der Waals surface area contributed by atoms with Gasteiger partial charge in [0, 0.05) is 11.3 Å². The first kappa shape index (κ1) is 19.3. The van der Waals surface area contributed by atoms with E-state index in [9.17, 15) is 9.18 Å². The van der Waals surface area contributed by atoms with Gasteiger partial charge in [-0.15, -0.1) is 0 Å². The molecule has 0 atom stereocenters. The van der Waals surface area contributed by atoms with E-state index in [0.717, 1.165) is 27.2 Å². The average Bonchev–Trinajstić information content (AvgIpc) is 3.19. The number of rotatable bonds is 6. The van der Waals surface area contributed by atoms with Gasteiger partial charge < -0.3 is 10.1 Å². The lowest BCUT2D eigenvalue weighted by Crippen LogP contribution is -2.14. The van der Waals surface area contributed by atoms with Crippen molar-refractivity contribution in [1.29, 1.82) is 0 Å². The molecule has 0 saturated carbocycles. The maximum absolute atomic E-state index is 13.0. The maximum atomic E-state index is 13.0. The Morgan fingerprint density at radius 3 is 2.62 bits per heavy atom. The third kappa shape index (κ3) is 4.36. The standard InChI is InChI=1S/C20H15FN4O2S2/c1-27-15-8-2-12(3-9-15)17-18-19(29-25-17)20(23-11-22-18)28-10-16(26)24-14-6-4-13(21)5-7-14/h2-9,11H,10H2,1H3,(H,24,26). The second-order valence-electron chi connectivity index (χ2n) is 5.96. The Labute approximate surface area is 174 Å². The second-order valence-corrected chi connectivity index (χ2v) is 7.70. The van der Waals surface area contributed by atoms with Crippen molar-refractivity contribution in [3.63, 3.8) is 0 Å². The van der Waals surface area contributed by atoms with E-state index in [1.54, 1.807) is 7.11 Å². The molecular weight excluding hydrogens is 411 g/mol. The lowest BCUT2D eigenvalue weighted by molar-refractivity contribution is -0.113. The Balaban J connectivity index is 1.50. The van der Waals surface area contributed by atoms with E-state index in [1.165, 1.54) is 53.9 Å². The van der Waals surface area contributed by atoms with E-state index in [-0.39, 0.29) is 17.5 Å². The first-order chi connectivity index (χ1) is 14.1. The molecule has 146 valence electrons. The van der Waals surface area contributed by atoms with Crippen LogP contribution in [0.25, 0.3) is 21.5 Å². The summed E-state index contributed by atoms with van der Waals surface area (Å²) in [4.78, 5) is 20.9. The number of carbonyl (C=O) groups is 1. The Morgan fingerprint density at radius 2 is 1.90 bits per heavy atom. The van der Waals surface area contributed by atoms with E-state index >= 15 is 0 Å². The van der Waals surface area contributed by atoms with Crippen molar-refractivity contribution in [1.82, 2.24) is 14.3 Å². The number of carbonyl (C=O) groups excluding carboxylic acids is 1. The van der Waals surface area contributed by atoms with Gasteiger partial charge in [0.2, 0.25) is 5.91 Å².